The number of nitriles is 1. The van der Waals surface area contributed by atoms with Gasteiger partial charge >= 0.3 is 0 Å². The van der Waals surface area contributed by atoms with Gasteiger partial charge in [-0.3, -0.25) is 19.7 Å². The SMILES string of the molecule is COc1cc(C=O)c([N+](=O)[O-])cc1OCC(=O)NCC#N. The Bertz CT molecular complexity index is 608. The molecule has 0 saturated carbocycles. The van der Waals surface area contributed by atoms with Crippen molar-refractivity contribution in [1.29, 1.82) is 5.26 Å². The first-order chi connectivity index (χ1) is 10.0. The minimum atomic E-state index is -0.744. The van der Waals surface area contributed by atoms with E-state index < -0.39 is 23.1 Å². The minimum Gasteiger partial charge on any atom is -0.493 e. The third-order valence-electron chi connectivity index (χ3n) is 2.36. The average molecular weight is 293 g/mol. The number of ether oxygens (including phenoxy) is 2. The second kappa shape index (κ2) is 7.44. The van der Waals surface area contributed by atoms with Crippen LogP contribution in [0.2, 0.25) is 0 Å². The number of hydrogen-bond donors (Lipinski definition) is 1. The van der Waals surface area contributed by atoms with E-state index in [9.17, 15) is 19.7 Å². The second-order valence-electron chi connectivity index (χ2n) is 3.66. The molecule has 1 N–H and O–H groups in total. The lowest BCUT2D eigenvalue weighted by Crippen LogP contribution is -2.29. The van der Waals surface area contributed by atoms with Gasteiger partial charge in [-0.25, -0.2) is 0 Å². The Labute approximate surface area is 119 Å². The highest BCUT2D eigenvalue weighted by Gasteiger charge is 2.19. The summed E-state index contributed by atoms with van der Waals surface area (Å²) in [5.74, 6) is -0.543. The molecule has 0 aliphatic heterocycles. The van der Waals surface area contributed by atoms with Crippen LogP contribution in [0.5, 0.6) is 11.5 Å². The number of nitro groups is 1. The number of benzene rings is 1. The quantitative estimate of drug-likeness (QED) is 0.333. The summed E-state index contributed by atoms with van der Waals surface area (Å²) in [4.78, 5) is 32.2. The lowest BCUT2D eigenvalue weighted by molar-refractivity contribution is -0.385. The summed E-state index contributed by atoms with van der Waals surface area (Å²) in [6.45, 7) is -0.626. The van der Waals surface area contributed by atoms with Gasteiger partial charge in [-0.05, 0) is 0 Å². The molecule has 0 aliphatic rings. The van der Waals surface area contributed by atoms with E-state index in [2.05, 4.69) is 5.32 Å². The highest BCUT2D eigenvalue weighted by atomic mass is 16.6. The topological polar surface area (TPSA) is 132 Å². The maximum atomic E-state index is 11.3. The Hall–Kier alpha value is -3.15. The summed E-state index contributed by atoms with van der Waals surface area (Å²) < 4.78 is 10.1. The number of nitrogens with one attached hydrogen (secondary N) is 1. The molecule has 9 heteroatoms. The fourth-order valence-corrected chi connectivity index (χ4v) is 1.42. The molecule has 0 aromatic heterocycles. The number of methoxy groups -OCH3 is 1. The predicted molar refractivity (Wildman–Crippen MR) is 69.2 cm³/mol. The van der Waals surface area contributed by atoms with Crippen LogP contribution in [0.15, 0.2) is 12.1 Å². The molecule has 0 unspecified atom stereocenters. The van der Waals surface area contributed by atoms with Crippen molar-refractivity contribution >= 4 is 17.9 Å². The standard InChI is InChI=1S/C12H11N3O6/c1-20-10-4-8(6-16)9(15(18)19)5-11(10)21-7-12(17)14-3-2-13/h4-6H,3,7H2,1H3,(H,14,17). The smallest absolute Gasteiger partial charge is 0.283 e. The average Bonchev–Trinajstić information content (AvgIpc) is 2.49. The summed E-state index contributed by atoms with van der Waals surface area (Å²) in [6, 6.07) is 3.86. The maximum absolute atomic E-state index is 11.3. The molecule has 1 aromatic carbocycles. The fourth-order valence-electron chi connectivity index (χ4n) is 1.42. The van der Waals surface area contributed by atoms with Gasteiger partial charge in [0.05, 0.1) is 29.7 Å². The Morgan fingerprint density at radius 2 is 2.24 bits per heavy atom. The number of carbonyl (C=O) groups is 2. The molecule has 0 fully saturated rings. The van der Waals surface area contributed by atoms with E-state index in [4.69, 9.17) is 14.7 Å². The first-order valence-electron chi connectivity index (χ1n) is 5.61. The van der Waals surface area contributed by atoms with Crippen LogP contribution >= 0.6 is 0 Å². The van der Waals surface area contributed by atoms with Crippen molar-refractivity contribution in [2.45, 2.75) is 0 Å². The number of nitrogens with zero attached hydrogens (tertiary/aromatic N) is 2. The van der Waals surface area contributed by atoms with E-state index >= 15 is 0 Å². The molecule has 0 heterocycles. The van der Waals surface area contributed by atoms with Crippen molar-refractivity contribution < 1.29 is 24.0 Å². The Balaban J connectivity index is 2.98. The lowest BCUT2D eigenvalue weighted by Gasteiger charge is -2.10. The minimum absolute atomic E-state index is 0.0538. The fraction of sp³-hybridized carbons (Fsp3) is 0.250. The summed E-state index contributed by atoms with van der Waals surface area (Å²) in [6.07, 6.45) is 0.323. The van der Waals surface area contributed by atoms with Gasteiger partial charge in [-0.1, -0.05) is 0 Å². The van der Waals surface area contributed by atoms with Crippen LogP contribution in [0.3, 0.4) is 0 Å². The van der Waals surface area contributed by atoms with Crippen LogP contribution in [0, 0.1) is 21.4 Å². The van der Waals surface area contributed by atoms with Crippen molar-refractivity contribution in [3.63, 3.8) is 0 Å². The molecule has 110 valence electrons. The number of rotatable bonds is 7. The normalized spacial score (nSPS) is 9.33. The van der Waals surface area contributed by atoms with Gasteiger partial charge in [-0.2, -0.15) is 5.26 Å². The van der Waals surface area contributed by atoms with E-state index in [0.717, 1.165) is 12.1 Å². The zero-order chi connectivity index (χ0) is 15.8. The van der Waals surface area contributed by atoms with Crippen molar-refractivity contribution in [1.82, 2.24) is 5.32 Å². The van der Waals surface area contributed by atoms with E-state index in [-0.39, 0.29) is 23.6 Å². The molecule has 1 rings (SSSR count). The van der Waals surface area contributed by atoms with Crippen molar-refractivity contribution in [3.8, 4) is 17.6 Å². The van der Waals surface area contributed by atoms with E-state index in [1.807, 2.05) is 0 Å². The summed E-state index contributed by atoms with van der Waals surface area (Å²) in [7, 11) is 1.29. The van der Waals surface area contributed by atoms with Crippen LogP contribution in [0.1, 0.15) is 10.4 Å². The molecule has 21 heavy (non-hydrogen) atoms. The molecule has 9 nitrogen and oxygen atoms in total. The summed E-state index contributed by atoms with van der Waals surface area (Å²) in [5, 5.41) is 21.4. The molecule has 0 spiro atoms. The number of nitro benzene ring substituents is 1. The first kappa shape index (κ1) is 15.9. The Morgan fingerprint density at radius 3 is 2.76 bits per heavy atom. The van der Waals surface area contributed by atoms with Gasteiger partial charge in [0, 0.05) is 6.07 Å². The third kappa shape index (κ3) is 4.17. The van der Waals surface area contributed by atoms with E-state index in [1.165, 1.54) is 7.11 Å². The summed E-state index contributed by atoms with van der Waals surface area (Å²) in [5.41, 5.74) is -0.628. The molecule has 0 saturated heterocycles. The molecule has 0 aliphatic carbocycles. The first-order valence-corrected chi connectivity index (χ1v) is 5.61. The van der Waals surface area contributed by atoms with Crippen LogP contribution in [-0.2, 0) is 4.79 Å². The molecule has 1 amide bonds. The zero-order valence-electron chi connectivity index (χ0n) is 11.0. The summed E-state index contributed by atoms with van der Waals surface area (Å²) >= 11 is 0. The van der Waals surface area contributed by atoms with Crippen molar-refractivity contribution in [3.05, 3.63) is 27.8 Å². The van der Waals surface area contributed by atoms with Crippen LogP contribution in [0.25, 0.3) is 0 Å². The highest BCUT2D eigenvalue weighted by molar-refractivity contribution is 5.83. The largest absolute Gasteiger partial charge is 0.493 e. The lowest BCUT2D eigenvalue weighted by atomic mass is 10.1. The van der Waals surface area contributed by atoms with Gasteiger partial charge in [-0.15, -0.1) is 0 Å². The van der Waals surface area contributed by atoms with Gasteiger partial charge < -0.3 is 14.8 Å². The molecule has 0 bridgehead atoms. The van der Waals surface area contributed by atoms with E-state index in [0.29, 0.717) is 6.29 Å². The molecule has 0 radical (unpaired) electrons. The van der Waals surface area contributed by atoms with Gasteiger partial charge in [0.1, 0.15) is 6.54 Å². The second-order valence-corrected chi connectivity index (χ2v) is 3.66. The number of aldehydes is 1. The number of amides is 1. The van der Waals surface area contributed by atoms with Crippen molar-refractivity contribution in [2.24, 2.45) is 0 Å². The maximum Gasteiger partial charge on any atom is 0.283 e. The van der Waals surface area contributed by atoms with Crippen LogP contribution in [0.4, 0.5) is 5.69 Å². The highest BCUT2D eigenvalue weighted by Crippen LogP contribution is 2.33. The van der Waals surface area contributed by atoms with Crippen molar-refractivity contribution in [2.75, 3.05) is 20.3 Å². The van der Waals surface area contributed by atoms with Gasteiger partial charge in [0.2, 0.25) is 0 Å². The monoisotopic (exact) mass is 293 g/mol. The molecular formula is C12H11N3O6. The molecular weight excluding hydrogens is 282 g/mol. The number of carbonyl (C=O) groups excluding carboxylic acids is 2. The predicted octanol–water partition coefficient (Wildman–Crippen LogP) is 0.434. The third-order valence-corrected chi connectivity index (χ3v) is 2.36. The Morgan fingerprint density at radius 1 is 1.52 bits per heavy atom. The zero-order valence-corrected chi connectivity index (χ0v) is 11.0. The molecule has 0 atom stereocenters. The number of hydrogen-bond acceptors (Lipinski definition) is 7. The Kier molecular flexibility index (Phi) is 5.64. The van der Waals surface area contributed by atoms with Gasteiger partial charge in [0.15, 0.2) is 24.4 Å². The molecule has 1 aromatic rings. The van der Waals surface area contributed by atoms with Crippen LogP contribution < -0.4 is 14.8 Å². The van der Waals surface area contributed by atoms with Crippen LogP contribution in [-0.4, -0.2) is 37.4 Å². The van der Waals surface area contributed by atoms with E-state index in [1.54, 1.807) is 6.07 Å². The van der Waals surface area contributed by atoms with Gasteiger partial charge in [0.25, 0.3) is 11.6 Å².